The summed E-state index contributed by atoms with van der Waals surface area (Å²) >= 11 is 0. The molecule has 1 fully saturated rings. The molecule has 0 saturated carbocycles. The van der Waals surface area contributed by atoms with E-state index in [1.54, 1.807) is 19.2 Å². The molecule has 2 amide bonds. The highest BCUT2D eigenvalue weighted by atomic mass is 16.5. The molecule has 2 unspecified atom stereocenters. The predicted octanol–water partition coefficient (Wildman–Crippen LogP) is 2.38. The summed E-state index contributed by atoms with van der Waals surface area (Å²) in [6.45, 7) is 3.95. The van der Waals surface area contributed by atoms with Gasteiger partial charge in [0.05, 0.1) is 18.1 Å². The first-order chi connectivity index (χ1) is 14.3. The van der Waals surface area contributed by atoms with E-state index in [9.17, 15) is 14.4 Å². The van der Waals surface area contributed by atoms with Crippen molar-refractivity contribution >= 4 is 17.8 Å². The van der Waals surface area contributed by atoms with Crippen LogP contribution in [0.1, 0.15) is 49.9 Å². The molecule has 0 aromatic heterocycles. The lowest BCUT2D eigenvalue weighted by molar-refractivity contribution is -0.139. The Kier molecular flexibility index (Phi) is 8.66. The highest BCUT2D eigenvalue weighted by Gasteiger charge is 2.29. The molecular formula is C22H29N3O5. The van der Waals surface area contributed by atoms with Crippen LogP contribution in [0.2, 0.25) is 0 Å². The standard InChI is InChI=1S/C22H29N3O5/c1-16-6-4-7-17(2)25(16)21(27)15-29-19-10-8-18(9-11-19)22(28)30-14-20(26)24(3)13-5-12-23/h8-11,16-17H,4-7,13-15H2,1-3H3. The van der Waals surface area contributed by atoms with E-state index >= 15 is 0 Å². The molecule has 8 nitrogen and oxygen atoms in total. The Bertz CT molecular complexity index is 777. The molecule has 1 aliphatic heterocycles. The summed E-state index contributed by atoms with van der Waals surface area (Å²) in [6, 6.07) is 8.61. The second-order valence-corrected chi connectivity index (χ2v) is 7.54. The normalized spacial score (nSPS) is 18.3. The molecule has 162 valence electrons. The molecule has 0 spiro atoms. The molecule has 8 heteroatoms. The summed E-state index contributed by atoms with van der Waals surface area (Å²) in [7, 11) is 1.55. The quantitative estimate of drug-likeness (QED) is 0.605. The molecule has 0 aliphatic carbocycles. The molecule has 2 rings (SSSR count). The molecular weight excluding hydrogens is 386 g/mol. The third-order valence-electron chi connectivity index (χ3n) is 5.25. The lowest BCUT2D eigenvalue weighted by atomic mass is 9.97. The van der Waals surface area contributed by atoms with E-state index in [1.807, 2.05) is 11.0 Å². The number of rotatable bonds is 8. The summed E-state index contributed by atoms with van der Waals surface area (Å²) in [6.07, 6.45) is 3.36. The van der Waals surface area contributed by atoms with Gasteiger partial charge in [-0.1, -0.05) is 0 Å². The maximum Gasteiger partial charge on any atom is 0.338 e. The first-order valence-electron chi connectivity index (χ1n) is 10.2. The van der Waals surface area contributed by atoms with Gasteiger partial charge in [0.15, 0.2) is 13.2 Å². The molecule has 0 N–H and O–H groups in total. The van der Waals surface area contributed by atoms with Crippen LogP contribution >= 0.6 is 0 Å². The van der Waals surface area contributed by atoms with E-state index < -0.39 is 5.97 Å². The van der Waals surface area contributed by atoms with Crippen LogP contribution in [-0.2, 0) is 14.3 Å². The van der Waals surface area contributed by atoms with Crippen LogP contribution in [0.5, 0.6) is 5.75 Å². The van der Waals surface area contributed by atoms with Crippen molar-refractivity contribution in [1.29, 1.82) is 5.26 Å². The van der Waals surface area contributed by atoms with Gasteiger partial charge >= 0.3 is 5.97 Å². The minimum Gasteiger partial charge on any atom is -0.484 e. The number of likely N-dealkylation sites (tertiary alicyclic amines) is 1. The number of likely N-dealkylation sites (N-methyl/N-ethyl adjacent to an activating group) is 1. The Morgan fingerprint density at radius 3 is 2.37 bits per heavy atom. The van der Waals surface area contributed by atoms with E-state index in [2.05, 4.69) is 13.8 Å². The lowest BCUT2D eigenvalue weighted by Crippen LogP contribution is -2.49. The third kappa shape index (κ3) is 6.48. The lowest BCUT2D eigenvalue weighted by Gasteiger charge is -2.38. The van der Waals surface area contributed by atoms with Crippen molar-refractivity contribution < 1.29 is 23.9 Å². The topological polar surface area (TPSA) is 99.9 Å². The molecule has 1 heterocycles. The van der Waals surface area contributed by atoms with Crippen molar-refractivity contribution in [3.63, 3.8) is 0 Å². The first kappa shape index (κ1) is 23.2. The van der Waals surface area contributed by atoms with Crippen molar-refractivity contribution in [2.75, 3.05) is 26.8 Å². The fraction of sp³-hybridized carbons (Fsp3) is 0.545. The van der Waals surface area contributed by atoms with Gasteiger partial charge in [0, 0.05) is 25.7 Å². The summed E-state index contributed by atoms with van der Waals surface area (Å²) in [5, 5.41) is 8.54. The number of ether oxygens (including phenoxy) is 2. The van der Waals surface area contributed by atoms with Crippen LogP contribution in [0, 0.1) is 11.3 Å². The fourth-order valence-corrected chi connectivity index (χ4v) is 3.48. The number of nitriles is 1. The maximum absolute atomic E-state index is 12.5. The van der Waals surface area contributed by atoms with Crippen molar-refractivity contribution in [2.24, 2.45) is 0 Å². The minimum absolute atomic E-state index is 0.0442. The highest BCUT2D eigenvalue weighted by molar-refractivity contribution is 5.91. The maximum atomic E-state index is 12.5. The average Bonchev–Trinajstić information content (AvgIpc) is 2.74. The highest BCUT2D eigenvalue weighted by Crippen LogP contribution is 2.23. The molecule has 1 saturated heterocycles. The van der Waals surface area contributed by atoms with Gasteiger partial charge < -0.3 is 19.3 Å². The molecule has 1 aliphatic rings. The first-order valence-corrected chi connectivity index (χ1v) is 10.2. The number of hydrogen-bond acceptors (Lipinski definition) is 6. The van der Waals surface area contributed by atoms with Crippen molar-refractivity contribution in [3.8, 4) is 11.8 Å². The second kappa shape index (κ2) is 11.2. The van der Waals surface area contributed by atoms with Crippen molar-refractivity contribution in [3.05, 3.63) is 29.8 Å². The Morgan fingerprint density at radius 2 is 1.77 bits per heavy atom. The third-order valence-corrected chi connectivity index (χ3v) is 5.25. The second-order valence-electron chi connectivity index (χ2n) is 7.54. The number of esters is 1. The largest absolute Gasteiger partial charge is 0.484 e. The van der Waals surface area contributed by atoms with Crippen LogP contribution in [0.15, 0.2) is 24.3 Å². The average molecular weight is 415 g/mol. The van der Waals surface area contributed by atoms with Gasteiger partial charge in [0.1, 0.15) is 5.75 Å². The van der Waals surface area contributed by atoms with Gasteiger partial charge in [-0.05, 0) is 57.4 Å². The van der Waals surface area contributed by atoms with Gasteiger partial charge in [-0.3, -0.25) is 9.59 Å². The van der Waals surface area contributed by atoms with Gasteiger partial charge in [-0.2, -0.15) is 5.26 Å². The fourth-order valence-electron chi connectivity index (χ4n) is 3.48. The van der Waals surface area contributed by atoms with Crippen LogP contribution < -0.4 is 4.74 Å². The van der Waals surface area contributed by atoms with Crippen LogP contribution in [0.4, 0.5) is 0 Å². The van der Waals surface area contributed by atoms with E-state index in [1.165, 1.54) is 17.0 Å². The summed E-state index contributed by atoms with van der Waals surface area (Å²) in [4.78, 5) is 39.7. The van der Waals surface area contributed by atoms with Crippen molar-refractivity contribution in [2.45, 2.75) is 51.6 Å². The number of nitrogens with zero attached hydrogens (tertiary/aromatic N) is 3. The Labute approximate surface area is 177 Å². The predicted molar refractivity (Wildman–Crippen MR) is 110 cm³/mol. The van der Waals surface area contributed by atoms with Gasteiger partial charge in [0.25, 0.3) is 11.8 Å². The number of benzene rings is 1. The van der Waals surface area contributed by atoms with Gasteiger partial charge in [0.2, 0.25) is 0 Å². The molecule has 0 radical (unpaired) electrons. The van der Waals surface area contributed by atoms with Gasteiger partial charge in [-0.25, -0.2) is 4.79 Å². The van der Waals surface area contributed by atoms with E-state index in [-0.39, 0.29) is 55.6 Å². The van der Waals surface area contributed by atoms with Crippen molar-refractivity contribution in [1.82, 2.24) is 9.80 Å². The SMILES string of the molecule is CC1CCCC(C)N1C(=O)COc1ccc(C(=O)OCC(=O)N(C)CCC#N)cc1. The summed E-state index contributed by atoms with van der Waals surface area (Å²) < 4.78 is 10.6. The van der Waals surface area contributed by atoms with Crippen LogP contribution in [-0.4, -0.2) is 66.5 Å². The number of amides is 2. The number of carbonyl (C=O) groups excluding carboxylic acids is 3. The molecule has 1 aromatic rings. The molecule has 1 aromatic carbocycles. The monoisotopic (exact) mass is 415 g/mol. The Morgan fingerprint density at radius 1 is 1.13 bits per heavy atom. The summed E-state index contributed by atoms with van der Waals surface area (Å²) in [5.41, 5.74) is 0.277. The van der Waals surface area contributed by atoms with Gasteiger partial charge in [-0.15, -0.1) is 0 Å². The summed E-state index contributed by atoms with van der Waals surface area (Å²) in [5.74, 6) is -0.574. The zero-order chi connectivity index (χ0) is 22.1. The smallest absolute Gasteiger partial charge is 0.338 e. The molecule has 2 atom stereocenters. The van der Waals surface area contributed by atoms with Crippen LogP contribution in [0.25, 0.3) is 0 Å². The van der Waals surface area contributed by atoms with E-state index in [4.69, 9.17) is 14.7 Å². The number of hydrogen-bond donors (Lipinski definition) is 0. The van der Waals surface area contributed by atoms with E-state index in [0.717, 1.165) is 19.3 Å². The van der Waals surface area contributed by atoms with Crippen LogP contribution in [0.3, 0.4) is 0 Å². The zero-order valence-corrected chi connectivity index (χ0v) is 17.8. The van der Waals surface area contributed by atoms with E-state index in [0.29, 0.717) is 5.75 Å². The molecule has 0 bridgehead atoms. The molecule has 30 heavy (non-hydrogen) atoms. The minimum atomic E-state index is -0.629. The number of piperidine rings is 1. The Hall–Kier alpha value is -3.08. The number of carbonyl (C=O) groups is 3. The zero-order valence-electron chi connectivity index (χ0n) is 17.8. The Balaban J connectivity index is 1.81.